The predicted molar refractivity (Wildman–Crippen MR) is 67.9 cm³/mol. The van der Waals surface area contributed by atoms with Gasteiger partial charge in [-0.15, -0.1) is 0 Å². The van der Waals surface area contributed by atoms with Crippen LogP contribution >= 0.6 is 0 Å². The quantitative estimate of drug-likeness (QED) is 0.294. The number of hydrogen-bond acceptors (Lipinski definition) is 4. The van der Waals surface area contributed by atoms with Crippen molar-refractivity contribution in [1.29, 1.82) is 0 Å². The zero-order valence-electron chi connectivity index (χ0n) is 11.1. The number of nitrogens with two attached hydrogens (primary N) is 1. The average Bonchev–Trinajstić information content (AvgIpc) is 2.23. The highest BCUT2D eigenvalue weighted by Crippen LogP contribution is 2.10. The van der Waals surface area contributed by atoms with Crippen molar-refractivity contribution >= 4 is 5.84 Å². The zero-order valence-corrected chi connectivity index (χ0v) is 11.1. The molecule has 0 aliphatic heterocycles. The third-order valence-electron chi connectivity index (χ3n) is 2.80. The van der Waals surface area contributed by atoms with E-state index >= 15 is 0 Å². The van der Waals surface area contributed by atoms with Crippen LogP contribution in [0.15, 0.2) is 5.16 Å². The fourth-order valence-electron chi connectivity index (χ4n) is 2.15. The van der Waals surface area contributed by atoms with E-state index in [9.17, 15) is 0 Å². The average molecular weight is 230 g/mol. The molecule has 0 heterocycles. The second-order valence-electron chi connectivity index (χ2n) is 4.39. The van der Waals surface area contributed by atoms with E-state index in [-0.39, 0.29) is 6.04 Å². The highest BCUT2D eigenvalue weighted by atomic mass is 16.4. The van der Waals surface area contributed by atoms with E-state index in [1.165, 1.54) is 0 Å². The van der Waals surface area contributed by atoms with Gasteiger partial charge in [0.1, 0.15) is 0 Å². The number of nitrogens with zero attached hydrogens (tertiary/aromatic N) is 3. The maximum absolute atomic E-state index is 8.77. The summed E-state index contributed by atoms with van der Waals surface area (Å²) in [6.45, 7) is 8.16. The first kappa shape index (κ1) is 15.2. The van der Waals surface area contributed by atoms with E-state index in [2.05, 4.69) is 42.9 Å². The van der Waals surface area contributed by atoms with Gasteiger partial charge in [0.05, 0.1) is 6.04 Å². The summed E-state index contributed by atoms with van der Waals surface area (Å²) in [7, 11) is 4.10. The van der Waals surface area contributed by atoms with Crippen LogP contribution in [0, 0.1) is 0 Å². The third-order valence-corrected chi connectivity index (χ3v) is 2.80. The molecule has 0 saturated heterocycles. The van der Waals surface area contributed by atoms with Crippen molar-refractivity contribution in [2.45, 2.75) is 39.3 Å². The summed E-state index contributed by atoms with van der Waals surface area (Å²) in [5.41, 5.74) is 5.72. The normalized spacial score (nSPS) is 16.8. The van der Waals surface area contributed by atoms with Gasteiger partial charge in [-0.3, -0.25) is 4.90 Å². The van der Waals surface area contributed by atoms with Gasteiger partial charge < -0.3 is 15.8 Å². The Bertz CT molecular complexity index is 218. The molecule has 0 aliphatic rings. The SMILES string of the molecule is CCC(C(N)=NO)N(CC)C(C)CN(C)C. The third kappa shape index (κ3) is 4.37. The maximum atomic E-state index is 8.77. The van der Waals surface area contributed by atoms with Crippen LogP contribution in [0.2, 0.25) is 0 Å². The largest absolute Gasteiger partial charge is 0.409 e. The second-order valence-corrected chi connectivity index (χ2v) is 4.39. The summed E-state index contributed by atoms with van der Waals surface area (Å²) in [6.07, 6.45) is 0.849. The van der Waals surface area contributed by atoms with Crippen molar-refractivity contribution in [2.75, 3.05) is 27.2 Å². The lowest BCUT2D eigenvalue weighted by atomic mass is 10.1. The molecule has 5 heteroatoms. The Hall–Kier alpha value is -0.810. The highest BCUT2D eigenvalue weighted by Gasteiger charge is 2.24. The van der Waals surface area contributed by atoms with Crippen LogP contribution in [0.5, 0.6) is 0 Å². The molecule has 0 aromatic rings. The minimum absolute atomic E-state index is 0.0185. The van der Waals surface area contributed by atoms with Crippen LogP contribution in [0.4, 0.5) is 0 Å². The highest BCUT2D eigenvalue weighted by molar-refractivity contribution is 5.85. The molecular weight excluding hydrogens is 204 g/mol. The zero-order chi connectivity index (χ0) is 12.7. The second kappa shape index (κ2) is 7.46. The molecule has 16 heavy (non-hydrogen) atoms. The number of oxime groups is 1. The first-order chi connectivity index (χ1) is 7.47. The summed E-state index contributed by atoms with van der Waals surface area (Å²) >= 11 is 0. The molecule has 0 aromatic heterocycles. The Labute approximate surface area is 98.9 Å². The topological polar surface area (TPSA) is 65.1 Å². The van der Waals surface area contributed by atoms with Crippen molar-refractivity contribution in [3.63, 3.8) is 0 Å². The van der Waals surface area contributed by atoms with Gasteiger partial charge in [0, 0.05) is 12.6 Å². The lowest BCUT2D eigenvalue weighted by Gasteiger charge is -2.35. The van der Waals surface area contributed by atoms with Crippen LogP contribution in [0.25, 0.3) is 0 Å². The van der Waals surface area contributed by atoms with Crippen molar-refractivity contribution in [3.05, 3.63) is 0 Å². The van der Waals surface area contributed by atoms with Crippen molar-refractivity contribution < 1.29 is 5.21 Å². The summed E-state index contributed by atoms with van der Waals surface area (Å²) in [4.78, 5) is 4.40. The Morgan fingerprint density at radius 3 is 2.25 bits per heavy atom. The molecule has 2 unspecified atom stereocenters. The smallest absolute Gasteiger partial charge is 0.156 e. The van der Waals surface area contributed by atoms with Gasteiger partial charge in [-0.05, 0) is 34.0 Å². The predicted octanol–water partition coefficient (Wildman–Crippen LogP) is 0.783. The molecule has 0 amide bonds. The molecule has 5 nitrogen and oxygen atoms in total. The van der Waals surface area contributed by atoms with Crippen molar-refractivity contribution in [1.82, 2.24) is 9.80 Å². The van der Waals surface area contributed by atoms with E-state index in [1.807, 2.05) is 6.92 Å². The van der Waals surface area contributed by atoms with Crippen LogP contribution in [-0.4, -0.2) is 60.1 Å². The first-order valence-corrected chi connectivity index (χ1v) is 5.85. The minimum atomic E-state index is 0.0185. The van der Waals surface area contributed by atoms with E-state index in [0.29, 0.717) is 11.9 Å². The van der Waals surface area contributed by atoms with E-state index in [0.717, 1.165) is 19.5 Å². The van der Waals surface area contributed by atoms with E-state index < -0.39 is 0 Å². The fraction of sp³-hybridized carbons (Fsp3) is 0.909. The number of hydrogen-bond donors (Lipinski definition) is 2. The molecular formula is C11H26N4O. The molecule has 0 saturated carbocycles. The summed E-state index contributed by atoms with van der Waals surface area (Å²) in [6, 6.07) is 0.398. The van der Waals surface area contributed by atoms with Crippen LogP contribution in [0.3, 0.4) is 0 Å². The standard InChI is InChI=1S/C11H26N4O/c1-6-10(11(12)13-16)15(7-2)9(3)8-14(4)5/h9-10,16H,6-8H2,1-5H3,(H2,12,13). The van der Waals surface area contributed by atoms with Gasteiger partial charge >= 0.3 is 0 Å². The van der Waals surface area contributed by atoms with Gasteiger partial charge in [-0.2, -0.15) is 0 Å². The Morgan fingerprint density at radius 1 is 1.38 bits per heavy atom. The molecule has 0 aromatic carbocycles. The van der Waals surface area contributed by atoms with Gasteiger partial charge in [0.15, 0.2) is 5.84 Å². The van der Waals surface area contributed by atoms with Crippen molar-refractivity contribution in [3.8, 4) is 0 Å². The van der Waals surface area contributed by atoms with E-state index in [1.54, 1.807) is 0 Å². The number of rotatable bonds is 7. The van der Waals surface area contributed by atoms with Gasteiger partial charge in [0.25, 0.3) is 0 Å². The molecule has 0 radical (unpaired) electrons. The molecule has 96 valence electrons. The Morgan fingerprint density at radius 2 is 1.94 bits per heavy atom. The fourth-order valence-corrected chi connectivity index (χ4v) is 2.15. The Balaban J connectivity index is 4.67. The summed E-state index contributed by atoms with van der Waals surface area (Å²) < 4.78 is 0. The summed E-state index contributed by atoms with van der Waals surface area (Å²) in [5, 5.41) is 11.9. The van der Waals surface area contributed by atoms with Crippen LogP contribution in [-0.2, 0) is 0 Å². The summed E-state index contributed by atoms with van der Waals surface area (Å²) in [5.74, 6) is 0.301. The molecule has 3 N–H and O–H groups in total. The van der Waals surface area contributed by atoms with Crippen LogP contribution in [0.1, 0.15) is 27.2 Å². The lowest BCUT2D eigenvalue weighted by Crippen LogP contribution is -2.51. The molecule has 0 aliphatic carbocycles. The van der Waals surface area contributed by atoms with Gasteiger partial charge in [0.2, 0.25) is 0 Å². The molecule has 0 bridgehead atoms. The monoisotopic (exact) mass is 230 g/mol. The van der Waals surface area contributed by atoms with Gasteiger partial charge in [-0.25, -0.2) is 0 Å². The van der Waals surface area contributed by atoms with Crippen molar-refractivity contribution in [2.24, 2.45) is 10.9 Å². The maximum Gasteiger partial charge on any atom is 0.156 e. The molecule has 0 rings (SSSR count). The minimum Gasteiger partial charge on any atom is -0.409 e. The van der Waals surface area contributed by atoms with Gasteiger partial charge in [-0.1, -0.05) is 19.0 Å². The van der Waals surface area contributed by atoms with E-state index in [4.69, 9.17) is 10.9 Å². The van der Waals surface area contributed by atoms with Crippen LogP contribution < -0.4 is 5.73 Å². The molecule has 0 fully saturated rings. The molecule has 0 spiro atoms. The molecule has 2 atom stereocenters. The Kier molecular flexibility index (Phi) is 7.08. The number of likely N-dealkylation sites (N-methyl/N-ethyl adjacent to an activating group) is 2. The lowest BCUT2D eigenvalue weighted by molar-refractivity contribution is 0.153. The number of amidine groups is 1. The first-order valence-electron chi connectivity index (χ1n) is 5.85.